The Morgan fingerprint density at radius 1 is 0.840 bits per heavy atom. The predicted octanol–water partition coefficient (Wildman–Crippen LogP) is 3.83. The number of carbonyl (C=O) groups excluding carboxylic acids is 2. The Balaban J connectivity index is 2.03. The van der Waals surface area contributed by atoms with E-state index in [-0.39, 0.29) is 12.4 Å². The minimum Gasteiger partial charge on any atom is -0.490 e. The first-order chi connectivity index (χ1) is 12.0. The van der Waals surface area contributed by atoms with Crippen LogP contribution in [-0.4, -0.2) is 31.6 Å². The fraction of sp³-hybridized carbons (Fsp3) is 0.300. The minimum atomic E-state index is -0.579. The molecule has 0 N–H and O–H groups in total. The van der Waals surface area contributed by atoms with Crippen molar-refractivity contribution in [2.75, 3.05) is 19.8 Å². The third-order valence-corrected chi connectivity index (χ3v) is 3.49. The van der Waals surface area contributed by atoms with Crippen molar-refractivity contribution in [1.29, 1.82) is 0 Å². The average Bonchev–Trinajstić information content (AvgIpc) is 2.62. The van der Waals surface area contributed by atoms with Crippen molar-refractivity contribution in [3.63, 3.8) is 0 Å². The molecule has 0 saturated heterocycles. The number of ether oxygens (including phenoxy) is 3. The number of Topliss-reactive ketones (excluding diaryl/α,β-unsaturated/α-hetero) is 1. The molecule has 132 valence electrons. The van der Waals surface area contributed by atoms with E-state index in [1.807, 2.05) is 32.9 Å². The molecule has 5 heteroatoms. The summed E-state index contributed by atoms with van der Waals surface area (Å²) in [6.07, 6.45) is 0. The normalized spacial score (nSPS) is 10.2. The molecule has 0 bridgehead atoms. The Labute approximate surface area is 147 Å². The summed E-state index contributed by atoms with van der Waals surface area (Å²) in [6.45, 7) is 6.30. The second-order valence-corrected chi connectivity index (χ2v) is 5.39. The summed E-state index contributed by atoms with van der Waals surface area (Å²) in [5.74, 6) is 0.217. The second kappa shape index (κ2) is 8.87. The first-order valence-corrected chi connectivity index (χ1v) is 8.21. The number of benzene rings is 2. The van der Waals surface area contributed by atoms with Crippen molar-refractivity contribution in [3.05, 3.63) is 59.2 Å². The monoisotopic (exact) mass is 342 g/mol. The van der Waals surface area contributed by atoms with E-state index in [2.05, 4.69) is 0 Å². The van der Waals surface area contributed by atoms with Crippen LogP contribution in [0.2, 0.25) is 0 Å². The van der Waals surface area contributed by atoms with E-state index in [1.165, 1.54) is 0 Å². The summed E-state index contributed by atoms with van der Waals surface area (Å²) in [5, 5.41) is 0. The highest BCUT2D eigenvalue weighted by Gasteiger charge is 2.15. The SMILES string of the molecule is CCOc1ccc(C(=O)OCC(=O)c2ccc(C)cc2)cc1OCC. The van der Waals surface area contributed by atoms with E-state index in [9.17, 15) is 9.59 Å². The molecule has 0 amide bonds. The highest BCUT2D eigenvalue weighted by Crippen LogP contribution is 2.28. The molecular weight excluding hydrogens is 320 g/mol. The van der Waals surface area contributed by atoms with Gasteiger partial charge in [0.15, 0.2) is 23.9 Å². The highest BCUT2D eigenvalue weighted by molar-refractivity contribution is 5.99. The third-order valence-electron chi connectivity index (χ3n) is 3.49. The molecule has 0 fully saturated rings. The van der Waals surface area contributed by atoms with Crippen LogP contribution in [0, 0.1) is 6.92 Å². The van der Waals surface area contributed by atoms with Gasteiger partial charge in [-0.3, -0.25) is 4.79 Å². The van der Waals surface area contributed by atoms with Crippen LogP contribution in [0.3, 0.4) is 0 Å². The van der Waals surface area contributed by atoms with Crippen LogP contribution in [-0.2, 0) is 4.74 Å². The van der Waals surface area contributed by atoms with Crippen molar-refractivity contribution in [2.24, 2.45) is 0 Å². The zero-order chi connectivity index (χ0) is 18.2. The van der Waals surface area contributed by atoms with Crippen LogP contribution < -0.4 is 9.47 Å². The quantitative estimate of drug-likeness (QED) is 0.539. The molecule has 2 aromatic carbocycles. The van der Waals surface area contributed by atoms with Gasteiger partial charge in [-0.05, 0) is 39.0 Å². The van der Waals surface area contributed by atoms with Crippen molar-refractivity contribution < 1.29 is 23.8 Å². The largest absolute Gasteiger partial charge is 0.490 e. The molecule has 0 spiro atoms. The Morgan fingerprint density at radius 3 is 2.08 bits per heavy atom. The third kappa shape index (κ3) is 5.08. The molecule has 0 aliphatic carbocycles. The molecule has 0 heterocycles. The van der Waals surface area contributed by atoms with Gasteiger partial charge >= 0.3 is 5.97 Å². The maximum absolute atomic E-state index is 12.2. The van der Waals surface area contributed by atoms with Crippen molar-refractivity contribution >= 4 is 11.8 Å². The lowest BCUT2D eigenvalue weighted by molar-refractivity contribution is 0.0474. The van der Waals surface area contributed by atoms with Crippen LogP contribution in [0.4, 0.5) is 0 Å². The molecule has 0 unspecified atom stereocenters. The minimum absolute atomic E-state index is 0.246. The van der Waals surface area contributed by atoms with Crippen LogP contribution in [0.1, 0.15) is 40.1 Å². The smallest absolute Gasteiger partial charge is 0.338 e. The van der Waals surface area contributed by atoms with Gasteiger partial charge < -0.3 is 14.2 Å². The maximum atomic E-state index is 12.2. The standard InChI is InChI=1S/C20H22O5/c1-4-23-18-11-10-16(12-19(18)24-5-2)20(22)25-13-17(21)15-8-6-14(3)7-9-15/h6-12H,4-5,13H2,1-3H3. The Kier molecular flexibility index (Phi) is 6.57. The molecule has 0 saturated carbocycles. The lowest BCUT2D eigenvalue weighted by atomic mass is 10.1. The fourth-order valence-corrected chi connectivity index (χ4v) is 2.22. The molecule has 0 atom stereocenters. The molecule has 5 nitrogen and oxygen atoms in total. The van der Waals surface area contributed by atoms with E-state index in [1.54, 1.807) is 30.3 Å². The summed E-state index contributed by atoms with van der Waals surface area (Å²) >= 11 is 0. The van der Waals surface area contributed by atoms with Crippen LogP contribution in [0.25, 0.3) is 0 Å². The van der Waals surface area contributed by atoms with Gasteiger partial charge in [0.2, 0.25) is 0 Å². The van der Waals surface area contributed by atoms with Crippen molar-refractivity contribution in [3.8, 4) is 11.5 Å². The van der Waals surface area contributed by atoms with Gasteiger partial charge in [0.05, 0.1) is 18.8 Å². The van der Waals surface area contributed by atoms with Crippen LogP contribution >= 0.6 is 0 Å². The second-order valence-electron chi connectivity index (χ2n) is 5.39. The number of aryl methyl sites for hydroxylation is 1. The molecule has 2 aromatic rings. The predicted molar refractivity (Wildman–Crippen MR) is 94.6 cm³/mol. The van der Waals surface area contributed by atoms with Gasteiger partial charge in [0, 0.05) is 5.56 Å². The van der Waals surface area contributed by atoms with Gasteiger partial charge in [-0.15, -0.1) is 0 Å². The van der Waals surface area contributed by atoms with Gasteiger partial charge in [-0.2, -0.15) is 0 Å². The Morgan fingerprint density at radius 2 is 1.44 bits per heavy atom. The van der Waals surface area contributed by atoms with E-state index >= 15 is 0 Å². The lowest BCUT2D eigenvalue weighted by Gasteiger charge is -2.12. The number of rotatable bonds is 8. The molecule has 0 radical (unpaired) electrons. The molecular formula is C20H22O5. The van der Waals surface area contributed by atoms with E-state index < -0.39 is 5.97 Å². The molecule has 0 aliphatic rings. The van der Waals surface area contributed by atoms with Gasteiger partial charge in [0.1, 0.15) is 0 Å². The van der Waals surface area contributed by atoms with Crippen molar-refractivity contribution in [1.82, 2.24) is 0 Å². The molecule has 0 aliphatic heterocycles. The van der Waals surface area contributed by atoms with Gasteiger partial charge in [-0.25, -0.2) is 4.79 Å². The highest BCUT2D eigenvalue weighted by atomic mass is 16.5. The fourth-order valence-electron chi connectivity index (χ4n) is 2.22. The maximum Gasteiger partial charge on any atom is 0.338 e. The van der Waals surface area contributed by atoms with Gasteiger partial charge in [0.25, 0.3) is 0 Å². The summed E-state index contributed by atoms with van der Waals surface area (Å²) in [4.78, 5) is 24.3. The summed E-state index contributed by atoms with van der Waals surface area (Å²) in [5.41, 5.74) is 1.88. The number of carbonyl (C=O) groups is 2. The first kappa shape index (κ1) is 18.5. The topological polar surface area (TPSA) is 61.8 Å². The van der Waals surface area contributed by atoms with Crippen LogP contribution in [0.15, 0.2) is 42.5 Å². The number of hydrogen-bond donors (Lipinski definition) is 0. The number of ketones is 1. The van der Waals surface area contributed by atoms with Gasteiger partial charge in [-0.1, -0.05) is 29.8 Å². The summed E-state index contributed by atoms with van der Waals surface area (Å²) < 4.78 is 16.1. The Hall–Kier alpha value is -2.82. The van der Waals surface area contributed by atoms with Crippen molar-refractivity contribution in [2.45, 2.75) is 20.8 Å². The molecule has 0 aromatic heterocycles. The Bertz CT molecular complexity index is 734. The zero-order valence-electron chi connectivity index (χ0n) is 14.7. The molecule has 25 heavy (non-hydrogen) atoms. The summed E-state index contributed by atoms with van der Waals surface area (Å²) in [6, 6.07) is 11.9. The van der Waals surface area contributed by atoms with E-state index in [0.717, 1.165) is 5.56 Å². The van der Waals surface area contributed by atoms with E-state index in [0.29, 0.717) is 35.8 Å². The summed E-state index contributed by atoms with van der Waals surface area (Å²) in [7, 11) is 0. The average molecular weight is 342 g/mol. The molecule has 2 rings (SSSR count). The van der Waals surface area contributed by atoms with Crippen LogP contribution in [0.5, 0.6) is 11.5 Å². The number of esters is 1. The zero-order valence-corrected chi connectivity index (χ0v) is 14.7. The number of hydrogen-bond acceptors (Lipinski definition) is 5. The first-order valence-electron chi connectivity index (χ1n) is 8.21. The lowest BCUT2D eigenvalue weighted by Crippen LogP contribution is -2.14. The van der Waals surface area contributed by atoms with E-state index in [4.69, 9.17) is 14.2 Å².